The first-order valence-electron chi connectivity index (χ1n) is 20.7. The van der Waals surface area contributed by atoms with E-state index in [0.29, 0.717) is 0 Å². The van der Waals surface area contributed by atoms with Crippen LogP contribution in [0.25, 0.3) is 27.5 Å². The monoisotopic (exact) mass is 747 g/mol. The summed E-state index contributed by atoms with van der Waals surface area (Å²) in [5.74, 6) is 0. The Balaban J connectivity index is 1.17. The number of aromatic nitrogens is 1. The van der Waals surface area contributed by atoms with Gasteiger partial charge in [0.2, 0.25) is 0 Å². The van der Waals surface area contributed by atoms with Gasteiger partial charge in [0.1, 0.15) is 0 Å². The Morgan fingerprint density at radius 2 is 0.931 bits per heavy atom. The minimum absolute atomic E-state index is 0.152. The second-order valence-electron chi connectivity index (χ2n) is 16.2. The van der Waals surface area contributed by atoms with Crippen molar-refractivity contribution in [3.8, 4) is 5.69 Å². The molecule has 8 aromatic carbocycles. The highest BCUT2D eigenvalue weighted by atomic mass is 15.2. The summed E-state index contributed by atoms with van der Waals surface area (Å²) in [4.78, 5) is 5.07. The third-order valence-corrected chi connectivity index (χ3v) is 13.0. The molecule has 0 bridgehead atoms. The molecule has 3 nitrogen and oxygen atoms in total. The van der Waals surface area contributed by atoms with E-state index in [1.165, 1.54) is 95.0 Å². The number of hydrogen-bond donors (Lipinski definition) is 0. The quantitative estimate of drug-likeness (QED) is 0.161. The third-order valence-electron chi connectivity index (χ3n) is 13.0. The molecule has 0 radical (unpaired) electrons. The Hall–Kier alpha value is -6.84. The second kappa shape index (κ2) is 13.7. The molecule has 3 heteroatoms. The van der Waals surface area contributed by atoms with Gasteiger partial charge < -0.3 is 14.4 Å². The molecule has 58 heavy (non-hydrogen) atoms. The number of hydrogen-bond acceptors (Lipinski definition) is 2. The van der Waals surface area contributed by atoms with Crippen LogP contribution in [0.4, 0.5) is 34.1 Å². The number of benzene rings is 8. The normalized spacial score (nSPS) is 15.6. The lowest BCUT2D eigenvalue weighted by molar-refractivity contribution is 0.508. The van der Waals surface area contributed by atoms with Crippen molar-refractivity contribution in [3.05, 3.63) is 221 Å². The van der Waals surface area contributed by atoms with E-state index in [-0.39, 0.29) is 5.41 Å². The fourth-order valence-electron chi connectivity index (χ4n) is 10.6. The lowest BCUT2D eigenvalue weighted by Crippen LogP contribution is -2.27. The molecule has 0 aliphatic heterocycles. The molecule has 0 unspecified atom stereocenters. The molecule has 11 rings (SSSR count). The topological polar surface area (TPSA) is 11.4 Å². The molecule has 1 heterocycles. The van der Waals surface area contributed by atoms with Crippen molar-refractivity contribution in [1.29, 1.82) is 0 Å². The minimum atomic E-state index is -0.152. The Morgan fingerprint density at radius 3 is 1.50 bits per heavy atom. The molecular formula is C55H45N3. The van der Waals surface area contributed by atoms with Crippen molar-refractivity contribution >= 4 is 55.9 Å². The molecule has 1 aromatic heterocycles. The van der Waals surface area contributed by atoms with Gasteiger partial charge >= 0.3 is 0 Å². The Morgan fingerprint density at radius 1 is 0.431 bits per heavy atom. The molecule has 280 valence electrons. The SMILES string of the molecule is Cc1cc2c3c(C)cccc3n(-c3ccccc3)c2cc1N(c1ccccc1)c1cccc2c1[C@]1(CCc3cccc(N(c4ccccc4)c4ccccc4)c31)CC2. The summed E-state index contributed by atoms with van der Waals surface area (Å²) in [6.45, 7) is 4.54. The summed E-state index contributed by atoms with van der Waals surface area (Å²) >= 11 is 0. The molecule has 1 spiro atoms. The summed E-state index contributed by atoms with van der Waals surface area (Å²) < 4.78 is 2.46. The van der Waals surface area contributed by atoms with Gasteiger partial charge in [-0.2, -0.15) is 0 Å². The number of rotatable bonds is 7. The molecule has 9 aromatic rings. The fraction of sp³-hybridized carbons (Fsp3) is 0.127. The van der Waals surface area contributed by atoms with Gasteiger partial charge in [0.15, 0.2) is 0 Å². The molecule has 2 aliphatic rings. The minimum Gasteiger partial charge on any atom is -0.310 e. The molecule has 0 N–H and O–H groups in total. The van der Waals surface area contributed by atoms with Crippen molar-refractivity contribution in [3.63, 3.8) is 0 Å². The van der Waals surface area contributed by atoms with Gasteiger partial charge in [-0.15, -0.1) is 0 Å². The van der Waals surface area contributed by atoms with Crippen LogP contribution in [0.3, 0.4) is 0 Å². The maximum atomic E-state index is 2.58. The highest BCUT2D eigenvalue weighted by Crippen LogP contribution is 2.60. The molecule has 0 fully saturated rings. The molecule has 0 saturated heterocycles. The largest absolute Gasteiger partial charge is 0.310 e. The van der Waals surface area contributed by atoms with Crippen LogP contribution in [-0.2, 0) is 18.3 Å². The molecule has 0 saturated carbocycles. The van der Waals surface area contributed by atoms with Gasteiger partial charge in [0.25, 0.3) is 0 Å². The van der Waals surface area contributed by atoms with Gasteiger partial charge in [0, 0.05) is 38.9 Å². The average molecular weight is 748 g/mol. The van der Waals surface area contributed by atoms with Gasteiger partial charge in [0.05, 0.1) is 28.1 Å². The van der Waals surface area contributed by atoms with E-state index < -0.39 is 0 Å². The van der Waals surface area contributed by atoms with Crippen LogP contribution in [0.15, 0.2) is 188 Å². The van der Waals surface area contributed by atoms with E-state index >= 15 is 0 Å². The molecular weight excluding hydrogens is 703 g/mol. The van der Waals surface area contributed by atoms with Gasteiger partial charge in [-0.05, 0) is 152 Å². The summed E-state index contributed by atoms with van der Waals surface area (Å²) in [5, 5.41) is 2.61. The number of nitrogens with zero attached hydrogens (tertiary/aromatic N) is 3. The van der Waals surface area contributed by atoms with Crippen molar-refractivity contribution < 1.29 is 0 Å². The molecule has 1 atom stereocenters. The number of aryl methyl sites for hydroxylation is 4. The van der Waals surface area contributed by atoms with Crippen LogP contribution in [0.5, 0.6) is 0 Å². The number of fused-ring (bicyclic) bond motifs is 7. The first kappa shape index (κ1) is 34.4. The standard InChI is InChI=1S/C55H45N3/c1-38-18-15-29-47-52(38)46-36-39(2)50(37-51(46)57(47)44-25-11-5-12-26-44)58(45-27-13-6-14-28-45)49-31-17-20-41-33-35-55(54(41)49)34-32-40-19-16-30-48(53(40)55)56(42-21-7-3-8-22-42)43-23-9-4-10-24-43/h3-31,36-37H,32-35H2,1-2H3/t55-/m1/s1. The predicted octanol–water partition coefficient (Wildman–Crippen LogP) is 14.5. The molecule has 0 amide bonds. The summed E-state index contributed by atoms with van der Waals surface area (Å²) in [7, 11) is 0. The van der Waals surface area contributed by atoms with Crippen LogP contribution in [0, 0.1) is 13.8 Å². The lowest BCUT2D eigenvalue weighted by Gasteiger charge is -2.37. The van der Waals surface area contributed by atoms with E-state index in [2.05, 4.69) is 216 Å². The Bertz CT molecular complexity index is 2920. The van der Waals surface area contributed by atoms with Crippen LogP contribution in [0.2, 0.25) is 0 Å². The van der Waals surface area contributed by atoms with Crippen molar-refractivity contribution in [2.24, 2.45) is 0 Å². The van der Waals surface area contributed by atoms with Crippen molar-refractivity contribution in [1.82, 2.24) is 4.57 Å². The van der Waals surface area contributed by atoms with E-state index in [1.54, 1.807) is 0 Å². The highest BCUT2D eigenvalue weighted by molar-refractivity contribution is 6.12. The van der Waals surface area contributed by atoms with Crippen LogP contribution < -0.4 is 9.80 Å². The summed E-state index contributed by atoms with van der Waals surface area (Å²) in [6, 6.07) is 69.5. The van der Waals surface area contributed by atoms with Crippen molar-refractivity contribution in [2.75, 3.05) is 9.80 Å². The third kappa shape index (κ3) is 5.27. The smallest absolute Gasteiger partial charge is 0.0562 e. The Labute approximate surface area is 341 Å². The van der Waals surface area contributed by atoms with Gasteiger partial charge in [-0.25, -0.2) is 0 Å². The summed E-state index contributed by atoms with van der Waals surface area (Å²) in [5.41, 5.74) is 19.2. The second-order valence-corrected chi connectivity index (χ2v) is 16.2. The number of anilines is 6. The predicted molar refractivity (Wildman–Crippen MR) is 243 cm³/mol. The highest BCUT2D eigenvalue weighted by Gasteiger charge is 2.49. The molecule has 2 aliphatic carbocycles. The van der Waals surface area contributed by atoms with E-state index in [4.69, 9.17) is 0 Å². The maximum absolute atomic E-state index is 2.58. The Kier molecular flexibility index (Phi) is 8.11. The first-order valence-corrected chi connectivity index (χ1v) is 20.7. The van der Waals surface area contributed by atoms with Crippen LogP contribution in [-0.4, -0.2) is 4.57 Å². The zero-order chi connectivity index (χ0) is 38.8. The zero-order valence-electron chi connectivity index (χ0n) is 33.1. The maximum Gasteiger partial charge on any atom is 0.0562 e. The number of para-hydroxylation sites is 4. The van der Waals surface area contributed by atoms with Crippen molar-refractivity contribution in [2.45, 2.75) is 44.9 Å². The lowest BCUT2D eigenvalue weighted by atomic mass is 9.74. The van der Waals surface area contributed by atoms with E-state index in [0.717, 1.165) is 25.7 Å². The van der Waals surface area contributed by atoms with Gasteiger partial charge in [-0.1, -0.05) is 109 Å². The average Bonchev–Trinajstić information content (AvgIpc) is 3.95. The van der Waals surface area contributed by atoms with Gasteiger partial charge in [-0.3, -0.25) is 0 Å². The van der Waals surface area contributed by atoms with E-state index in [1.807, 2.05) is 0 Å². The zero-order valence-corrected chi connectivity index (χ0v) is 33.1. The fourth-order valence-corrected chi connectivity index (χ4v) is 10.6. The summed E-state index contributed by atoms with van der Waals surface area (Å²) in [6.07, 6.45) is 4.28. The van der Waals surface area contributed by atoms with Crippen LogP contribution >= 0.6 is 0 Å². The first-order chi connectivity index (χ1) is 28.6. The van der Waals surface area contributed by atoms with E-state index in [9.17, 15) is 0 Å². The van der Waals surface area contributed by atoms with Crippen LogP contribution in [0.1, 0.15) is 46.2 Å².